The lowest BCUT2D eigenvalue weighted by Gasteiger charge is -2.33. The number of esters is 1. The van der Waals surface area contributed by atoms with Crippen molar-refractivity contribution < 1.29 is 32.2 Å². The van der Waals surface area contributed by atoms with E-state index in [0.29, 0.717) is 29.2 Å². The van der Waals surface area contributed by atoms with E-state index >= 15 is 0 Å². The fraction of sp³-hybridized carbons (Fsp3) is 0.459. The van der Waals surface area contributed by atoms with Crippen LogP contribution in [0.25, 0.3) is 11.1 Å². The molecule has 246 valence electrons. The molecule has 3 aromatic rings. The van der Waals surface area contributed by atoms with Gasteiger partial charge in [0.15, 0.2) is 0 Å². The molecule has 1 heterocycles. The summed E-state index contributed by atoms with van der Waals surface area (Å²) in [6.45, 7) is 5.34. The first-order valence-electron chi connectivity index (χ1n) is 16.4. The van der Waals surface area contributed by atoms with Crippen molar-refractivity contribution in [3.8, 4) is 16.9 Å². The van der Waals surface area contributed by atoms with Crippen LogP contribution in [0.2, 0.25) is 0 Å². The third-order valence-corrected chi connectivity index (χ3v) is 9.23. The molecule has 2 aliphatic rings. The summed E-state index contributed by atoms with van der Waals surface area (Å²) in [7, 11) is 1.80. The molecule has 46 heavy (non-hydrogen) atoms. The molecule has 0 aromatic heterocycles. The quantitative estimate of drug-likeness (QED) is 0.172. The zero-order valence-electron chi connectivity index (χ0n) is 26.7. The predicted octanol–water partition coefficient (Wildman–Crippen LogP) is 7.83. The van der Waals surface area contributed by atoms with Crippen LogP contribution in [0, 0.1) is 0 Å². The highest BCUT2D eigenvalue weighted by atomic mass is 19.4. The number of amides is 1. The summed E-state index contributed by atoms with van der Waals surface area (Å²) in [5, 5.41) is 2.94. The van der Waals surface area contributed by atoms with E-state index in [-0.39, 0.29) is 18.1 Å². The summed E-state index contributed by atoms with van der Waals surface area (Å²) in [5.74, 6) is 0.683. The number of alkyl halides is 3. The van der Waals surface area contributed by atoms with Crippen molar-refractivity contribution in [2.45, 2.75) is 70.4 Å². The van der Waals surface area contributed by atoms with Crippen molar-refractivity contribution in [3.05, 3.63) is 88.0 Å². The minimum atomic E-state index is -4.46. The Hall–Kier alpha value is -3.85. The molecule has 9 heteroatoms. The standard InChI is InChI=1S/C37H43F3N2O4/c1-3-46-36(44)33-24-28(13-16-30(33)26-10-14-29(15-11-26)37(38,39)40)35(43)41-20-6-7-21-42-22-18-27(19-23-42)32-17-12-25-8-4-5-9-31(25)34(32)45-2/h10-17,24,27H,3-9,18-23H2,1-2H3,(H,41,43). The van der Waals surface area contributed by atoms with Crippen molar-refractivity contribution >= 4 is 11.9 Å². The van der Waals surface area contributed by atoms with Crippen molar-refractivity contribution in [2.75, 3.05) is 39.9 Å². The lowest BCUT2D eigenvalue weighted by atomic mass is 9.83. The summed E-state index contributed by atoms with van der Waals surface area (Å²) in [5.41, 5.74) is 4.70. The largest absolute Gasteiger partial charge is 0.496 e. The zero-order valence-corrected chi connectivity index (χ0v) is 26.7. The Balaban J connectivity index is 1.11. The van der Waals surface area contributed by atoms with Crippen LogP contribution in [0.3, 0.4) is 0 Å². The van der Waals surface area contributed by atoms with E-state index in [4.69, 9.17) is 9.47 Å². The number of carbonyl (C=O) groups excluding carboxylic acids is 2. The molecule has 0 unspecified atom stereocenters. The molecule has 0 bridgehead atoms. The van der Waals surface area contributed by atoms with Crippen molar-refractivity contribution in [3.63, 3.8) is 0 Å². The normalized spacial score (nSPS) is 15.7. The van der Waals surface area contributed by atoms with E-state index in [1.165, 1.54) is 47.7 Å². The molecule has 1 N–H and O–H groups in total. The summed E-state index contributed by atoms with van der Waals surface area (Å²) in [6, 6.07) is 13.8. The van der Waals surface area contributed by atoms with Gasteiger partial charge in [0.2, 0.25) is 0 Å². The van der Waals surface area contributed by atoms with Gasteiger partial charge in [-0.15, -0.1) is 0 Å². The number of methoxy groups -OCH3 is 1. The number of ether oxygens (including phenoxy) is 2. The van der Waals surface area contributed by atoms with E-state index in [2.05, 4.69) is 22.3 Å². The molecule has 3 aromatic carbocycles. The Morgan fingerprint density at radius 3 is 2.39 bits per heavy atom. The number of hydrogen-bond acceptors (Lipinski definition) is 5. The van der Waals surface area contributed by atoms with Crippen LogP contribution in [0.15, 0.2) is 54.6 Å². The topological polar surface area (TPSA) is 67.9 Å². The molecule has 1 aliphatic heterocycles. The fourth-order valence-corrected chi connectivity index (χ4v) is 6.76. The number of likely N-dealkylation sites (tertiary alicyclic amines) is 1. The molecule has 5 rings (SSSR count). The average molecular weight is 637 g/mol. The number of aryl methyl sites for hydroxylation is 1. The Morgan fingerprint density at radius 1 is 0.957 bits per heavy atom. The van der Waals surface area contributed by atoms with Crippen LogP contribution in [0.4, 0.5) is 13.2 Å². The van der Waals surface area contributed by atoms with Gasteiger partial charge < -0.3 is 19.7 Å². The minimum absolute atomic E-state index is 0.127. The number of nitrogens with one attached hydrogen (secondary N) is 1. The fourth-order valence-electron chi connectivity index (χ4n) is 6.76. The van der Waals surface area contributed by atoms with Crippen molar-refractivity contribution in [1.82, 2.24) is 10.2 Å². The Bertz CT molecular complexity index is 1510. The van der Waals surface area contributed by atoms with E-state index in [1.54, 1.807) is 26.2 Å². The highest BCUT2D eigenvalue weighted by Gasteiger charge is 2.30. The summed E-state index contributed by atoms with van der Waals surface area (Å²) in [6.07, 6.45) is 4.28. The Morgan fingerprint density at radius 2 is 1.70 bits per heavy atom. The molecular formula is C37H43F3N2O4. The molecule has 1 amide bonds. The van der Waals surface area contributed by atoms with Gasteiger partial charge in [0, 0.05) is 12.1 Å². The predicted molar refractivity (Wildman–Crippen MR) is 172 cm³/mol. The van der Waals surface area contributed by atoms with Crippen LogP contribution >= 0.6 is 0 Å². The van der Waals surface area contributed by atoms with E-state index in [1.807, 2.05) is 0 Å². The number of unbranched alkanes of at least 4 members (excludes halogenated alkanes) is 1. The third kappa shape index (κ3) is 7.92. The van der Waals surface area contributed by atoms with Gasteiger partial charge in [0.1, 0.15) is 5.75 Å². The van der Waals surface area contributed by atoms with Crippen LogP contribution in [0.5, 0.6) is 5.75 Å². The summed E-state index contributed by atoms with van der Waals surface area (Å²) in [4.78, 5) is 28.2. The zero-order chi connectivity index (χ0) is 32.7. The summed E-state index contributed by atoms with van der Waals surface area (Å²) >= 11 is 0. The summed E-state index contributed by atoms with van der Waals surface area (Å²) < 4.78 is 50.2. The molecule has 1 fully saturated rings. The molecule has 0 spiro atoms. The van der Waals surface area contributed by atoms with Gasteiger partial charge in [-0.25, -0.2) is 4.79 Å². The van der Waals surface area contributed by atoms with E-state index < -0.39 is 17.7 Å². The first-order chi connectivity index (χ1) is 22.2. The van der Waals surface area contributed by atoms with Gasteiger partial charge in [-0.1, -0.05) is 30.3 Å². The molecule has 0 atom stereocenters. The van der Waals surface area contributed by atoms with Gasteiger partial charge >= 0.3 is 12.1 Å². The number of rotatable bonds is 11. The number of piperidine rings is 1. The Labute approximate surface area is 269 Å². The maximum absolute atomic E-state index is 13.0. The maximum atomic E-state index is 13.0. The van der Waals surface area contributed by atoms with Crippen LogP contribution < -0.4 is 10.1 Å². The number of benzene rings is 3. The van der Waals surface area contributed by atoms with Gasteiger partial charge in [-0.2, -0.15) is 13.2 Å². The lowest BCUT2D eigenvalue weighted by Crippen LogP contribution is -2.34. The number of fused-ring (bicyclic) bond motifs is 1. The molecule has 1 aliphatic carbocycles. The highest BCUT2D eigenvalue weighted by Crippen LogP contribution is 2.40. The maximum Gasteiger partial charge on any atom is 0.416 e. The smallest absolute Gasteiger partial charge is 0.416 e. The second-order valence-electron chi connectivity index (χ2n) is 12.2. The van der Waals surface area contributed by atoms with Crippen molar-refractivity contribution in [2.24, 2.45) is 0 Å². The van der Waals surface area contributed by atoms with Gasteiger partial charge in [0.25, 0.3) is 5.91 Å². The number of hydrogen-bond donors (Lipinski definition) is 1. The molecule has 6 nitrogen and oxygen atoms in total. The molecule has 0 saturated carbocycles. The lowest BCUT2D eigenvalue weighted by molar-refractivity contribution is -0.137. The number of halogens is 3. The third-order valence-electron chi connectivity index (χ3n) is 9.23. The van der Waals surface area contributed by atoms with Crippen LogP contribution in [0.1, 0.15) is 94.3 Å². The highest BCUT2D eigenvalue weighted by molar-refractivity contribution is 6.02. The average Bonchev–Trinajstić information content (AvgIpc) is 3.07. The number of carbonyl (C=O) groups is 2. The number of nitrogens with zero attached hydrogens (tertiary/aromatic N) is 1. The van der Waals surface area contributed by atoms with Gasteiger partial charge in [-0.3, -0.25) is 4.79 Å². The van der Waals surface area contributed by atoms with Gasteiger partial charge in [-0.05, 0) is 136 Å². The second-order valence-corrected chi connectivity index (χ2v) is 12.2. The second kappa shape index (κ2) is 15.2. The first kappa shape index (κ1) is 33.5. The van der Waals surface area contributed by atoms with Crippen molar-refractivity contribution in [1.29, 1.82) is 0 Å². The SMILES string of the molecule is CCOC(=O)c1cc(C(=O)NCCCCN2CCC(c3ccc4c(c3OC)CCCC4)CC2)ccc1-c1ccc(C(F)(F)F)cc1. The van der Waals surface area contributed by atoms with E-state index in [0.717, 1.165) is 76.0 Å². The molecule has 1 saturated heterocycles. The molecular weight excluding hydrogens is 593 g/mol. The van der Waals surface area contributed by atoms with Crippen LogP contribution in [-0.2, 0) is 23.8 Å². The van der Waals surface area contributed by atoms with Crippen LogP contribution in [-0.4, -0.2) is 56.7 Å². The Kier molecular flexibility index (Phi) is 11.0. The monoisotopic (exact) mass is 636 g/mol. The molecule has 0 radical (unpaired) electrons. The first-order valence-corrected chi connectivity index (χ1v) is 16.4. The van der Waals surface area contributed by atoms with Gasteiger partial charge in [0.05, 0.1) is 24.8 Å². The minimum Gasteiger partial charge on any atom is -0.496 e. The van der Waals surface area contributed by atoms with E-state index in [9.17, 15) is 22.8 Å².